The zero-order valence-corrected chi connectivity index (χ0v) is 18.5. The molecule has 3 rings (SSSR count). The van der Waals surface area contributed by atoms with Crippen LogP contribution in [-0.4, -0.2) is 38.3 Å². The number of carbonyl (C=O) groups excluding carboxylic acids is 1. The summed E-state index contributed by atoms with van der Waals surface area (Å²) in [4.78, 5) is 15.0. The minimum Gasteiger partial charge on any atom is -0.411 e. The lowest BCUT2D eigenvalue weighted by Gasteiger charge is -2.40. The lowest BCUT2D eigenvalue weighted by molar-refractivity contribution is -0.136. The van der Waals surface area contributed by atoms with E-state index in [1.165, 1.54) is 23.7 Å². The predicted molar refractivity (Wildman–Crippen MR) is 113 cm³/mol. The second-order valence-corrected chi connectivity index (χ2v) is 10.1. The number of aromatic nitrogens is 2. The van der Waals surface area contributed by atoms with E-state index in [4.69, 9.17) is 4.42 Å². The van der Waals surface area contributed by atoms with Gasteiger partial charge in [0.1, 0.15) is 0 Å². The van der Waals surface area contributed by atoms with Gasteiger partial charge in [-0.25, -0.2) is 0 Å². The highest BCUT2D eigenvalue weighted by Crippen LogP contribution is 2.31. The normalized spacial score (nSPS) is 21.6. The molecular weight excluding hydrogens is 370 g/mol. The van der Waals surface area contributed by atoms with Gasteiger partial charge in [0.25, 0.3) is 5.22 Å². The number of hydrogen-bond acceptors (Lipinski definition) is 5. The van der Waals surface area contributed by atoms with Crippen LogP contribution in [0.15, 0.2) is 33.9 Å². The Kier molecular flexibility index (Phi) is 6.18. The van der Waals surface area contributed by atoms with Crippen LogP contribution in [0.2, 0.25) is 0 Å². The van der Waals surface area contributed by atoms with Crippen molar-refractivity contribution in [1.29, 1.82) is 0 Å². The fraction of sp³-hybridized carbons (Fsp3) is 0.591. The Morgan fingerprint density at radius 3 is 2.32 bits per heavy atom. The minimum atomic E-state index is -0.250. The molecule has 1 amide bonds. The number of hydrogen-bond donors (Lipinski definition) is 0. The summed E-state index contributed by atoms with van der Waals surface area (Å²) in [5.41, 5.74) is 2.26. The number of thioether (sulfide) groups is 1. The summed E-state index contributed by atoms with van der Waals surface area (Å²) in [5, 5.41) is 8.50. The Hall–Kier alpha value is -1.82. The Morgan fingerprint density at radius 2 is 1.75 bits per heavy atom. The Bertz CT molecular complexity index is 800. The van der Waals surface area contributed by atoms with Crippen LogP contribution in [0.4, 0.5) is 0 Å². The highest BCUT2D eigenvalue weighted by atomic mass is 32.2. The summed E-state index contributed by atoms with van der Waals surface area (Å²) in [5.74, 6) is 0.640. The molecule has 3 atom stereocenters. The SMILES string of the molecule is C[C@@H]1CCC[C@H](C)N1C(=O)[C@@H](C)Sc1nnc(-c2ccc(C(C)(C)C)cc2)o1. The van der Waals surface area contributed by atoms with Crippen LogP contribution in [-0.2, 0) is 10.2 Å². The molecule has 5 nitrogen and oxygen atoms in total. The second-order valence-electron chi connectivity index (χ2n) is 8.84. The molecule has 0 unspecified atom stereocenters. The van der Waals surface area contributed by atoms with Gasteiger partial charge < -0.3 is 9.32 Å². The molecule has 1 aliphatic heterocycles. The third-order valence-corrected chi connectivity index (χ3v) is 6.40. The maximum absolute atomic E-state index is 12.9. The molecule has 1 saturated heterocycles. The first-order valence-electron chi connectivity index (χ1n) is 10.1. The van der Waals surface area contributed by atoms with Crippen molar-refractivity contribution < 1.29 is 9.21 Å². The van der Waals surface area contributed by atoms with Gasteiger partial charge in [-0.15, -0.1) is 10.2 Å². The van der Waals surface area contributed by atoms with E-state index in [-0.39, 0.29) is 16.6 Å². The first-order chi connectivity index (χ1) is 13.2. The maximum atomic E-state index is 12.9. The number of amides is 1. The molecular formula is C22H31N3O2S. The summed E-state index contributed by atoms with van der Waals surface area (Å²) >= 11 is 1.34. The van der Waals surface area contributed by atoms with Gasteiger partial charge in [0.15, 0.2) is 0 Å². The average molecular weight is 402 g/mol. The van der Waals surface area contributed by atoms with Gasteiger partial charge >= 0.3 is 0 Å². The van der Waals surface area contributed by atoms with Crippen molar-refractivity contribution >= 4 is 17.7 Å². The molecule has 1 aliphatic rings. The summed E-state index contributed by atoms with van der Waals surface area (Å²) in [6.07, 6.45) is 3.33. The predicted octanol–water partition coefficient (Wildman–Crippen LogP) is 5.30. The number of piperidine rings is 1. The summed E-state index contributed by atoms with van der Waals surface area (Å²) in [7, 11) is 0. The molecule has 28 heavy (non-hydrogen) atoms. The molecule has 1 aromatic carbocycles. The molecule has 0 aliphatic carbocycles. The molecule has 0 spiro atoms. The number of rotatable bonds is 4. The smallest absolute Gasteiger partial charge is 0.277 e. The Labute approximate surface area is 172 Å². The topological polar surface area (TPSA) is 59.2 Å². The molecule has 2 aromatic rings. The highest BCUT2D eigenvalue weighted by Gasteiger charge is 2.32. The summed E-state index contributed by atoms with van der Waals surface area (Å²) in [6, 6.07) is 8.79. The molecule has 6 heteroatoms. The van der Waals surface area contributed by atoms with Gasteiger partial charge in [-0.05, 0) is 63.1 Å². The van der Waals surface area contributed by atoms with Gasteiger partial charge in [-0.3, -0.25) is 4.79 Å². The van der Waals surface area contributed by atoms with Crippen molar-refractivity contribution in [3.05, 3.63) is 29.8 Å². The molecule has 1 fully saturated rings. The van der Waals surface area contributed by atoms with Gasteiger partial charge in [0.2, 0.25) is 11.8 Å². The van der Waals surface area contributed by atoms with E-state index >= 15 is 0 Å². The first kappa shape index (κ1) is 20.9. The van der Waals surface area contributed by atoms with Crippen LogP contribution in [0.25, 0.3) is 11.5 Å². The Balaban J connectivity index is 1.68. The van der Waals surface area contributed by atoms with Gasteiger partial charge in [0.05, 0.1) is 5.25 Å². The standard InChI is InChI=1S/C22H31N3O2S/c1-14-8-7-9-15(2)25(14)20(26)16(3)28-21-24-23-19(27-21)17-10-12-18(13-11-17)22(4,5)6/h10-16H,7-9H2,1-6H3/t14-,15+,16-/m1/s1. The maximum Gasteiger partial charge on any atom is 0.277 e. The quantitative estimate of drug-likeness (QED) is 0.650. The van der Waals surface area contributed by atoms with Gasteiger partial charge in [-0.1, -0.05) is 44.7 Å². The Morgan fingerprint density at radius 1 is 1.14 bits per heavy atom. The van der Waals surface area contributed by atoms with Crippen molar-refractivity contribution in [3.63, 3.8) is 0 Å². The van der Waals surface area contributed by atoms with E-state index in [9.17, 15) is 4.79 Å². The number of benzene rings is 1. The molecule has 152 valence electrons. The van der Waals surface area contributed by atoms with Gasteiger partial charge in [0, 0.05) is 17.6 Å². The first-order valence-corrected chi connectivity index (χ1v) is 11.0. The van der Waals surface area contributed by atoms with E-state index in [2.05, 4.69) is 56.9 Å². The minimum absolute atomic E-state index is 0.104. The van der Waals surface area contributed by atoms with Crippen LogP contribution >= 0.6 is 11.8 Å². The number of carbonyl (C=O) groups is 1. The van der Waals surface area contributed by atoms with Crippen molar-refractivity contribution in [2.24, 2.45) is 0 Å². The number of likely N-dealkylation sites (tertiary alicyclic amines) is 1. The molecule has 0 N–H and O–H groups in total. The third-order valence-electron chi connectivity index (χ3n) is 5.48. The van der Waals surface area contributed by atoms with Crippen molar-refractivity contribution in [3.8, 4) is 11.5 Å². The summed E-state index contributed by atoms with van der Waals surface area (Å²) < 4.78 is 5.83. The van der Waals surface area contributed by atoms with Crippen molar-refractivity contribution in [1.82, 2.24) is 15.1 Å². The van der Waals surface area contributed by atoms with Crippen LogP contribution < -0.4 is 0 Å². The molecule has 0 bridgehead atoms. The third kappa shape index (κ3) is 4.59. The number of nitrogens with zero attached hydrogens (tertiary/aromatic N) is 3. The van der Waals surface area contributed by atoms with Crippen LogP contribution in [0, 0.1) is 0 Å². The fourth-order valence-electron chi connectivity index (χ4n) is 3.75. The molecule has 0 saturated carbocycles. The van der Waals surface area contributed by atoms with Crippen LogP contribution in [0.5, 0.6) is 0 Å². The zero-order valence-electron chi connectivity index (χ0n) is 17.7. The molecule has 2 heterocycles. The zero-order chi connectivity index (χ0) is 20.5. The molecule has 1 aromatic heterocycles. The summed E-state index contributed by atoms with van der Waals surface area (Å²) in [6.45, 7) is 12.8. The molecule has 0 radical (unpaired) electrons. The van der Waals surface area contributed by atoms with Crippen molar-refractivity contribution in [2.75, 3.05) is 0 Å². The van der Waals surface area contributed by atoms with E-state index in [1.54, 1.807) is 0 Å². The van der Waals surface area contributed by atoms with Crippen molar-refractivity contribution in [2.45, 2.75) is 88.8 Å². The lowest BCUT2D eigenvalue weighted by atomic mass is 9.87. The van der Waals surface area contributed by atoms with E-state index < -0.39 is 0 Å². The largest absolute Gasteiger partial charge is 0.411 e. The lowest BCUT2D eigenvalue weighted by Crippen LogP contribution is -2.50. The fourth-order valence-corrected chi connectivity index (χ4v) is 4.49. The van der Waals surface area contributed by atoms with Gasteiger partial charge in [-0.2, -0.15) is 0 Å². The van der Waals surface area contributed by atoms with E-state index in [0.717, 1.165) is 18.4 Å². The van der Waals surface area contributed by atoms with Crippen LogP contribution in [0.1, 0.15) is 66.4 Å². The van der Waals surface area contributed by atoms with Crippen LogP contribution in [0.3, 0.4) is 0 Å². The second kappa shape index (κ2) is 8.27. The average Bonchev–Trinajstić information content (AvgIpc) is 3.09. The monoisotopic (exact) mass is 401 g/mol. The highest BCUT2D eigenvalue weighted by molar-refractivity contribution is 8.00. The van der Waals surface area contributed by atoms with E-state index in [1.807, 2.05) is 24.0 Å². The van der Waals surface area contributed by atoms with E-state index in [0.29, 0.717) is 23.2 Å².